The number of aryl methyl sites for hydroxylation is 1. The first-order valence-corrected chi connectivity index (χ1v) is 13.3. The van der Waals surface area contributed by atoms with Crippen molar-refractivity contribution < 1.29 is 17.9 Å². The molecule has 10 heteroatoms. The van der Waals surface area contributed by atoms with Crippen molar-refractivity contribution in [3.63, 3.8) is 0 Å². The second-order valence-corrected chi connectivity index (χ2v) is 11.2. The van der Waals surface area contributed by atoms with Gasteiger partial charge in [-0.15, -0.1) is 0 Å². The van der Waals surface area contributed by atoms with Gasteiger partial charge in [-0.05, 0) is 43.2 Å². The summed E-state index contributed by atoms with van der Waals surface area (Å²) in [5.41, 5.74) is 1.77. The normalized spacial score (nSPS) is 17.2. The van der Waals surface area contributed by atoms with E-state index in [0.717, 1.165) is 17.3 Å². The molecule has 33 heavy (non-hydrogen) atoms. The minimum atomic E-state index is -3.10. The average molecular weight is 488 g/mol. The molecule has 4 rings (SSSR count). The molecule has 2 aromatic carbocycles. The number of para-hydroxylation sites is 1. The van der Waals surface area contributed by atoms with E-state index in [-0.39, 0.29) is 34.8 Å². The topological polar surface area (TPSA) is 98.6 Å². The van der Waals surface area contributed by atoms with E-state index in [1.165, 1.54) is 16.6 Å². The largest absolute Gasteiger partial charge is 0.495 e. The molecule has 174 valence electrons. The van der Waals surface area contributed by atoms with Crippen LogP contribution in [0.15, 0.2) is 52.4 Å². The van der Waals surface area contributed by atoms with Crippen LogP contribution in [-0.4, -0.2) is 66.2 Å². The van der Waals surface area contributed by atoms with Crippen molar-refractivity contribution in [2.75, 3.05) is 31.4 Å². The van der Waals surface area contributed by atoms with Gasteiger partial charge in [-0.25, -0.2) is 13.4 Å². The number of carbonyl (C=O) groups excluding carboxylic acids is 1. The summed E-state index contributed by atoms with van der Waals surface area (Å²) in [5.74, 6) is 0.403. The monoisotopic (exact) mass is 487 g/mol. The molecule has 0 bridgehead atoms. The molecule has 1 atom stereocenters. The smallest absolute Gasteiger partial charge is 0.266 e. The van der Waals surface area contributed by atoms with E-state index in [0.29, 0.717) is 33.9 Å². The van der Waals surface area contributed by atoms with Crippen LogP contribution in [0.25, 0.3) is 16.6 Å². The van der Waals surface area contributed by atoms with Gasteiger partial charge in [0.1, 0.15) is 5.75 Å². The summed E-state index contributed by atoms with van der Waals surface area (Å²) >= 11 is 1.15. The molecule has 1 fully saturated rings. The summed E-state index contributed by atoms with van der Waals surface area (Å²) in [7, 11) is 0.0623. The first-order valence-electron chi connectivity index (χ1n) is 10.5. The molecule has 0 radical (unpaired) electrons. The molecule has 3 aromatic rings. The fourth-order valence-corrected chi connectivity index (χ4v) is 6.61. The number of aromatic nitrogens is 2. The van der Waals surface area contributed by atoms with Crippen molar-refractivity contribution in [3.8, 4) is 11.4 Å². The number of amides is 1. The molecule has 1 aromatic heterocycles. The van der Waals surface area contributed by atoms with E-state index >= 15 is 0 Å². The Kier molecular flexibility index (Phi) is 6.49. The Hall–Kier alpha value is -2.85. The number of hydrogen-bond acceptors (Lipinski definition) is 7. The number of ether oxygens (including phenoxy) is 1. The van der Waals surface area contributed by atoms with Gasteiger partial charge in [0, 0.05) is 13.1 Å². The fraction of sp³-hybridized carbons (Fsp3) is 0.348. The maximum absolute atomic E-state index is 13.5. The van der Waals surface area contributed by atoms with Crippen LogP contribution < -0.4 is 10.3 Å². The van der Waals surface area contributed by atoms with Gasteiger partial charge >= 0.3 is 0 Å². The lowest BCUT2D eigenvalue weighted by Crippen LogP contribution is -2.39. The number of nitrogens with zero attached hydrogens (tertiary/aromatic N) is 3. The van der Waals surface area contributed by atoms with Crippen molar-refractivity contribution in [3.05, 3.63) is 58.4 Å². The van der Waals surface area contributed by atoms with Crippen LogP contribution in [0.5, 0.6) is 5.75 Å². The predicted molar refractivity (Wildman–Crippen MR) is 129 cm³/mol. The minimum Gasteiger partial charge on any atom is -0.495 e. The predicted octanol–water partition coefficient (Wildman–Crippen LogP) is 2.44. The zero-order chi connectivity index (χ0) is 23.8. The van der Waals surface area contributed by atoms with Crippen molar-refractivity contribution in [1.29, 1.82) is 0 Å². The average Bonchev–Trinajstić information content (AvgIpc) is 3.16. The van der Waals surface area contributed by atoms with Gasteiger partial charge < -0.3 is 9.64 Å². The maximum Gasteiger partial charge on any atom is 0.266 e. The Morgan fingerprint density at radius 3 is 2.73 bits per heavy atom. The van der Waals surface area contributed by atoms with Crippen LogP contribution >= 0.6 is 11.8 Å². The molecule has 1 aliphatic heterocycles. The lowest BCUT2D eigenvalue weighted by Gasteiger charge is -2.23. The van der Waals surface area contributed by atoms with Gasteiger partial charge in [-0.2, -0.15) is 0 Å². The van der Waals surface area contributed by atoms with Crippen molar-refractivity contribution >= 4 is 38.4 Å². The summed E-state index contributed by atoms with van der Waals surface area (Å²) in [4.78, 5) is 32.5. The van der Waals surface area contributed by atoms with E-state index in [4.69, 9.17) is 4.74 Å². The van der Waals surface area contributed by atoms with Crippen LogP contribution in [0.4, 0.5) is 0 Å². The lowest BCUT2D eigenvalue weighted by atomic mass is 10.2. The highest BCUT2D eigenvalue weighted by atomic mass is 32.2. The van der Waals surface area contributed by atoms with Gasteiger partial charge in [0.25, 0.3) is 5.56 Å². The number of carbonyl (C=O) groups is 1. The molecule has 1 aliphatic rings. The molecule has 0 aliphatic carbocycles. The Morgan fingerprint density at radius 2 is 2.03 bits per heavy atom. The summed E-state index contributed by atoms with van der Waals surface area (Å²) in [6.45, 7) is 1.92. The van der Waals surface area contributed by atoms with Crippen molar-refractivity contribution in [1.82, 2.24) is 14.5 Å². The minimum absolute atomic E-state index is 0.0146. The van der Waals surface area contributed by atoms with Gasteiger partial charge in [0.2, 0.25) is 5.91 Å². The number of thioether (sulfide) groups is 1. The first kappa shape index (κ1) is 23.3. The lowest BCUT2D eigenvalue weighted by molar-refractivity contribution is -0.128. The highest BCUT2D eigenvalue weighted by Crippen LogP contribution is 2.28. The van der Waals surface area contributed by atoms with Crippen LogP contribution in [-0.2, 0) is 14.6 Å². The number of methoxy groups -OCH3 is 1. The number of sulfone groups is 1. The van der Waals surface area contributed by atoms with E-state index < -0.39 is 9.84 Å². The quantitative estimate of drug-likeness (QED) is 0.389. The molecule has 0 saturated carbocycles. The number of rotatable bonds is 6. The molecule has 2 heterocycles. The number of fused-ring (bicyclic) bond motifs is 1. The molecular weight excluding hydrogens is 462 g/mol. The Labute approximate surface area is 196 Å². The third kappa shape index (κ3) is 4.77. The van der Waals surface area contributed by atoms with Gasteiger partial charge in [-0.1, -0.05) is 30.0 Å². The highest BCUT2D eigenvalue weighted by Gasteiger charge is 2.32. The van der Waals surface area contributed by atoms with Crippen LogP contribution in [0.1, 0.15) is 12.0 Å². The Balaban J connectivity index is 1.72. The van der Waals surface area contributed by atoms with E-state index in [9.17, 15) is 18.0 Å². The SMILES string of the molecule is COc1ccc(C)cc1-n1c(SCC(=O)N(C)[C@@H]2CCS(=O)(=O)C2)nc2ccccc2c1=O. The third-order valence-corrected chi connectivity index (χ3v) is 8.47. The molecular formula is C23H25N3O5S2. The van der Waals surface area contributed by atoms with E-state index in [2.05, 4.69) is 4.98 Å². The summed E-state index contributed by atoms with van der Waals surface area (Å²) < 4.78 is 30.6. The van der Waals surface area contributed by atoms with Crippen LogP contribution in [0.2, 0.25) is 0 Å². The zero-order valence-electron chi connectivity index (χ0n) is 18.6. The van der Waals surface area contributed by atoms with Crippen molar-refractivity contribution in [2.24, 2.45) is 0 Å². The summed E-state index contributed by atoms with van der Waals surface area (Å²) in [5, 5.41) is 0.827. The third-order valence-electron chi connectivity index (χ3n) is 5.79. The second kappa shape index (κ2) is 9.18. The van der Waals surface area contributed by atoms with Gasteiger partial charge in [-0.3, -0.25) is 14.2 Å². The molecule has 0 spiro atoms. The van der Waals surface area contributed by atoms with Crippen molar-refractivity contribution in [2.45, 2.75) is 24.5 Å². The van der Waals surface area contributed by atoms with E-state index in [1.807, 2.05) is 19.1 Å². The summed E-state index contributed by atoms with van der Waals surface area (Å²) in [6.07, 6.45) is 0.439. The number of benzene rings is 2. The Bertz CT molecular complexity index is 1380. The van der Waals surface area contributed by atoms with Gasteiger partial charge in [0.15, 0.2) is 15.0 Å². The van der Waals surface area contributed by atoms with Crippen LogP contribution in [0.3, 0.4) is 0 Å². The number of hydrogen-bond donors (Lipinski definition) is 0. The molecule has 1 saturated heterocycles. The maximum atomic E-state index is 13.5. The molecule has 0 N–H and O–H groups in total. The molecule has 8 nitrogen and oxygen atoms in total. The molecule has 0 unspecified atom stereocenters. The molecule has 1 amide bonds. The Morgan fingerprint density at radius 1 is 1.27 bits per heavy atom. The summed E-state index contributed by atoms with van der Waals surface area (Å²) in [6, 6.07) is 12.3. The van der Waals surface area contributed by atoms with Gasteiger partial charge in [0.05, 0.1) is 41.0 Å². The van der Waals surface area contributed by atoms with Crippen LogP contribution in [0, 0.1) is 6.92 Å². The second-order valence-electron chi connectivity index (χ2n) is 8.08. The highest BCUT2D eigenvalue weighted by molar-refractivity contribution is 7.99. The zero-order valence-corrected chi connectivity index (χ0v) is 20.3. The first-order chi connectivity index (χ1) is 15.7. The fourth-order valence-electron chi connectivity index (χ4n) is 3.91. The standard InChI is InChI=1S/C23H25N3O5S2/c1-15-8-9-20(31-3)19(12-15)26-22(28)17-6-4-5-7-18(17)24-23(26)32-13-21(27)25(2)16-10-11-33(29,30)14-16/h4-9,12,16H,10-11,13-14H2,1-3H3/t16-/m1/s1. The van der Waals surface area contributed by atoms with E-state index in [1.54, 1.807) is 37.4 Å².